The van der Waals surface area contributed by atoms with Gasteiger partial charge in [-0.25, -0.2) is 4.79 Å². The van der Waals surface area contributed by atoms with E-state index in [-0.39, 0.29) is 24.0 Å². The molecule has 0 bridgehead atoms. The Balaban J connectivity index is 0.00000676. The molecule has 1 amide bonds. The van der Waals surface area contributed by atoms with Crippen molar-refractivity contribution < 1.29 is 9.53 Å². The summed E-state index contributed by atoms with van der Waals surface area (Å²) in [4.78, 5) is 18.0. The van der Waals surface area contributed by atoms with Crippen molar-refractivity contribution >= 4 is 36.0 Å². The fraction of sp³-hybridized carbons (Fsp3) is 0.579. The van der Waals surface area contributed by atoms with E-state index in [1.165, 1.54) is 11.1 Å². The van der Waals surface area contributed by atoms with Gasteiger partial charge in [0.15, 0.2) is 5.96 Å². The van der Waals surface area contributed by atoms with Gasteiger partial charge in [0.2, 0.25) is 0 Å². The first-order valence-corrected chi connectivity index (χ1v) is 8.84. The third-order valence-electron chi connectivity index (χ3n) is 3.36. The first-order valence-electron chi connectivity index (χ1n) is 8.84. The molecule has 1 rings (SSSR count). The van der Waals surface area contributed by atoms with Gasteiger partial charge in [0.1, 0.15) is 5.60 Å². The molecular formula is C19H34IN5O2. The van der Waals surface area contributed by atoms with Crippen LogP contribution in [0.5, 0.6) is 0 Å². The zero-order valence-corrected chi connectivity index (χ0v) is 19.6. The molecule has 0 atom stereocenters. The molecule has 0 aliphatic heterocycles. The molecule has 154 valence electrons. The van der Waals surface area contributed by atoms with Crippen LogP contribution >= 0.6 is 24.0 Å². The van der Waals surface area contributed by atoms with Crippen LogP contribution in [0.15, 0.2) is 29.3 Å². The van der Waals surface area contributed by atoms with Crippen molar-refractivity contribution in [2.24, 2.45) is 4.99 Å². The van der Waals surface area contributed by atoms with Crippen LogP contribution in [0.4, 0.5) is 4.79 Å². The Hall–Kier alpha value is -1.55. The summed E-state index contributed by atoms with van der Waals surface area (Å²) in [6.45, 7) is 8.10. The van der Waals surface area contributed by atoms with Crippen LogP contribution in [-0.2, 0) is 17.8 Å². The van der Waals surface area contributed by atoms with Crippen molar-refractivity contribution in [3.63, 3.8) is 0 Å². The molecule has 0 aliphatic carbocycles. The van der Waals surface area contributed by atoms with Crippen molar-refractivity contribution in [2.45, 2.75) is 39.5 Å². The van der Waals surface area contributed by atoms with Crippen LogP contribution < -0.4 is 16.0 Å². The van der Waals surface area contributed by atoms with Gasteiger partial charge in [0, 0.05) is 33.2 Å². The summed E-state index contributed by atoms with van der Waals surface area (Å²) in [6.07, 6.45) is -0.417. The predicted octanol–water partition coefficient (Wildman–Crippen LogP) is 2.56. The number of amides is 1. The lowest BCUT2D eigenvalue weighted by atomic mass is 10.1. The van der Waals surface area contributed by atoms with Gasteiger partial charge in [0.05, 0.1) is 0 Å². The second-order valence-corrected chi connectivity index (χ2v) is 7.29. The highest BCUT2D eigenvalue weighted by Crippen LogP contribution is 2.10. The largest absolute Gasteiger partial charge is 0.444 e. The molecule has 0 aliphatic rings. The summed E-state index contributed by atoms with van der Waals surface area (Å²) in [7, 11) is 5.84. The van der Waals surface area contributed by atoms with Crippen LogP contribution in [0.25, 0.3) is 0 Å². The van der Waals surface area contributed by atoms with Crippen LogP contribution in [0, 0.1) is 0 Å². The second-order valence-electron chi connectivity index (χ2n) is 7.29. The van der Waals surface area contributed by atoms with E-state index in [0.29, 0.717) is 25.6 Å². The Kier molecular flexibility index (Phi) is 12.0. The van der Waals surface area contributed by atoms with Gasteiger partial charge in [-0.05, 0) is 46.0 Å². The normalized spacial score (nSPS) is 11.6. The van der Waals surface area contributed by atoms with Crippen molar-refractivity contribution in [3.8, 4) is 0 Å². The number of aliphatic imine (C=N–C) groups is 1. The molecule has 0 heterocycles. The number of halogens is 1. The monoisotopic (exact) mass is 491 g/mol. The number of rotatable bonds is 7. The van der Waals surface area contributed by atoms with Crippen LogP contribution in [-0.4, -0.2) is 56.8 Å². The third kappa shape index (κ3) is 11.7. The van der Waals surface area contributed by atoms with Gasteiger partial charge in [0.25, 0.3) is 0 Å². The first kappa shape index (κ1) is 25.4. The molecule has 0 spiro atoms. The Morgan fingerprint density at radius 1 is 1.07 bits per heavy atom. The predicted molar refractivity (Wildman–Crippen MR) is 122 cm³/mol. The summed E-state index contributed by atoms with van der Waals surface area (Å²) in [5.74, 6) is 0.690. The molecule has 8 heteroatoms. The molecule has 27 heavy (non-hydrogen) atoms. The van der Waals surface area contributed by atoms with E-state index in [1.807, 2.05) is 26.8 Å². The summed E-state index contributed by atoms with van der Waals surface area (Å²) < 4.78 is 5.19. The number of benzene rings is 1. The van der Waals surface area contributed by atoms with E-state index in [2.05, 4.69) is 58.1 Å². The molecule has 0 radical (unpaired) electrons. The molecule has 1 aromatic rings. The SMILES string of the molecule is CN=C(NCCNC(=O)OC(C)(C)C)NCc1ccccc1CN(C)C.I. The van der Waals surface area contributed by atoms with Gasteiger partial charge < -0.3 is 25.6 Å². The molecule has 1 aromatic carbocycles. The number of guanidine groups is 1. The number of hydrogen-bond donors (Lipinski definition) is 3. The maximum atomic E-state index is 11.6. The highest BCUT2D eigenvalue weighted by molar-refractivity contribution is 14.0. The van der Waals surface area contributed by atoms with E-state index in [4.69, 9.17) is 4.74 Å². The van der Waals surface area contributed by atoms with Gasteiger partial charge in [-0.15, -0.1) is 24.0 Å². The number of nitrogens with zero attached hydrogens (tertiary/aromatic N) is 2. The van der Waals surface area contributed by atoms with E-state index < -0.39 is 11.7 Å². The summed E-state index contributed by atoms with van der Waals surface area (Å²) in [5.41, 5.74) is 2.03. The second kappa shape index (κ2) is 12.8. The number of carbonyl (C=O) groups is 1. The van der Waals surface area contributed by atoms with Gasteiger partial charge >= 0.3 is 6.09 Å². The zero-order valence-electron chi connectivity index (χ0n) is 17.3. The quantitative estimate of drug-likeness (QED) is 0.237. The molecule has 0 unspecified atom stereocenters. The number of alkyl carbamates (subject to hydrolysis) is 1. The molecule has 0 saturated heterocycles. The lowest BCUT2D eigenvalue weighted by Crippen LogP contribution is -2.42. The van der Waals surface area contributed by atoms with Crippen LogP contribution in [0.2, 0.25) is 0 Å². The van der Waals surface area contributed by atoms with E-state index in [1.54, 1.807) is 7.05 Å². The molecule has 3 N–H and O–H groups in total. The van der Waals surface area contributed by atoms with Crippen LogP contribution in [0.3, 0.4) is 0 Å². The maximum Gasteiger partial charge on any atom is 0.407 e. The van der Waals surface area contributed by atoms with Gasteiger partial charge in [-0.3, -0.25) is 4.99 Å². The fourth-order valence-corrected chi connectivity index (χ4v) is 2.28. The fourth-order valence-electron chi connectivity index (χ4n) is 2.28. The topological polar surface area (TPSA) is 78.0 Å². The van der Waals surface area contributed by atoms with Crippen molar-refractivity contribution in [3.05, 3.63) is 35.4 Å². The number of carbonyl (C=O) groups excluding carboxylic acids is 1. The Morgan fingerprint density at radius 3 is 2.22 bits per heavy atom. The molecule has 0 aromatic heterocycles. The lowest BCUT2D eigenvalue weighted by Gasteiger charge is -2.20. The zero-order chi connectivity index (χ0) is 19.6. The van der Waals surface area contributed by atoms with Crippen molar-refractivity contribution in [2.75, 3.05) is 34.2 Å². The van der Waals surface area contributed by atoms with E-state index in [0.717, 1.165) is 6.54 Å². The van der Waals surface area contributed by atoms with Crippen molar-refractivity contribution in [1.29, 1.82) is 0 Å². The minimum absolute atomic E-state index is 0. The number of hydrogen-bond acceptors (Lipinski definition) is 4. The highest BCUT2D eigenvalue weighted by Gasteiger charge is 2.15. The lowest BCUT2D eigenvalue weighted by molar-refractivity contribution is 0.0529. The molecule has 0 saturated carbocycles. The average Bonchev–Trinajstić information content (AvgIpc) is 2.53. The summed E-state index contributed by atoms with van der Waals surface area (Å²) in [6, 6.07) is 8.34. The van der Waals surface area contributed by atoms with E-state index in [9.17, 15) is 4.79 Å². The van der Waals surface area contributed by atoms with Gasteiger partial charge in [-0.2, -0.15) is 0 Å². The minimum Gasteiger partial charge on any atom is -0.444 e. The number of nitrogens with one attached hydrogen (secondary N) is 3. The molecular weight excluding hydrogens is 457 g/mol. The Labute approximate surface area is 180 Å². The average molecular weight is 491 g/mol. The molecule has 7 nitrogen and oxygen atoms in total. The Morgan fingerprint density at radius 2 is 1.67 bits per heavy atom. The third-order valence-corrected chi connectivity index (χ3v) is 3.36. The van der Waals surface area contributed by atoms with Gasteiger partial charge in [-0.1, -0.05) is 24.3 Å². The molecule has 0 fully saturated rings. The standard InChI is InChI=1S/C19H33N5O2.HI/c1-19(2,3)26-18(25)22-12-11-21-17(20-4)23-13-15-9-7-8-10-16(15)14-24(5)6;/h7-10H,11-14H2,1-6H3,(H,22,25)(H2,20,21,23);1H. The smallest absolute Gasteiger partial charge is 0.407 e. The number of ether oxygens (including phenoxy) is 1. The Bertz CT molecular complexity index is 600. The minimum atomic E-state index is -0.491. The summed E-state index contributed by atoms with van der Waals surface area (Å²) in [5, 5.41) is 9.19. The summed E-state index contributed by atoms with van der Waals surface area (Å²) >= 11 is 0. The maximum absolute atomic E-state index is 11.6. The van der Waals surface area contributed by atoms with Crippen molar-refractivity contribution in [1.82, 2.24) is 20.9 Å². The van der Waals surface area contributed by atoms with Crippen LogP contribution in [0.1, 0.15) is 31.9 Å². The first-order chi connectivity index (χ1) is 12.2. The van der Waals surface area contributed by atoms with E-state index >= 15 is 0 Å². The highest BCUT2D eigenvalue weighted by atomic mass is 127.